The second-order valence-corrected chi connectivity index (χ2v) is 7.48. The van der Waals surface area contributed by atoms with Gasteiger partial charge >= 0.3 is 0 Å². The number of nitrogens with one attached hydrogen (secondary N) is 1. The van der Waals surface area contributed by atoms with Crippen molar-refractivity contribution >= 4 is 17.2 Å². The average molecular weight is 290 g/mol. The summed E-state index contributed by atoms with van der Waals surface area (Å²) < 4.78 is 0. The number of carbonyl (C=O) groups excluding carboxylic acids is 1. The van der Waals surface area contributed by atoms with E-state index < -0.39 is 0 Å². The van der Waals surface area contributed by atoms with Crippen LogP contribution in [-0.2, 0) is 0 Å². The Morgan fingerprint density at radius 1 is 1.15 bits per heavy atom. The molecule has 0 aromatic carbocycles. The maximum atomic E-state index is 12.2. The Morgan fingerprint density at radius 3 is 2.50 bits per heavy atom. The van der Waals surface area contributed by atoms with Gasteiger partial charge in [0.2, 0.25) is 0 Å². The summed E-state index contributed by atoms with van der Waals surface area (Å²) in [5, 5.41) is 5.25. The Kier molecular flexibility index (Phi) is 3.31. The molecule has 1 aromatic heterocycles. The molecule has 20 heavy (non-hydrogen) atoms. The molecule has 3 nitrogen and oxygen atoms in total. The summed E-state index contributed by atoms with van der Waals surface area (Å²) in [6, 6.07) is 6.57. The predicted octanol–water partition coefficient (Wildman–Crippen LogP) is 3.03. The van der Waals surface area contributed by atoms with E-state index in [1.807, 2.05) is 17.5 Å². The van der Waals surface area contributed by atoms with E-state index in [9.17, 15) is 4.79 Å². The molecule has 1 aromatic rings. The number of nitrogens with zero attached hydrogens (tertiary/aromatic N) is 1. The van der Waals surface area contributed by atoms with Gasteiger partial charge in [0.25, 0.3) is 5.91 Å². The molecule has 1 aliphatic carbocycles. The molecule has 2 saturated heterocycles. The molecule has 3 heterocycles. The molecular formula is C16H22N2OS. The van der Waals surface area contributed by atoms with Crippen molar-refractivity contribution in [3.05, 3.63) is 22.4 Å². The van der Waals surface area contributed by atoms with Gasteiger partial charge in [0.1, 0.15) is 0 Å². The van der Waals surface area contributed by atoms with Crippen molar-refractivity contribution in [1.29, 1.82) is 0 Å². The van der Waals surface area contributed by atoms with E-state index in [2.05, 4.69) is 10.2 Å². The summed E-state index contributed by atoms with van der Waals surface area (Å²) in [7, 11) is 0. The van der Waals surface area contributed by atoms with E-state index in [0.717, 1.165) is 35.8 Å². The first-order valence-corrected chi connectivity index (χ1v) is 8.81. The highest BCUT2D eigenvalue weighted by atomic mass is 32.1. The molecule has 2 bridgehead atoms. The normalized spacial score (nSPS) is 33.9. The summed E-state index contributed by atoms with van der Waals surface area (Å²) in [6.07, 6.45) is 9.16. The van der Waals surface area contributed by atoms with Gasteiger partial charge in [0.15, 0.2) is 0 Å². The van der Waals surface area contributed by atoms with Crippen LogP contribution in [0.25, 0.3) is 0 Å². The monoisotopic (exact) mass is 290 g/mol. The minimum Gasteiger partial charge on any atom is -0.348 e. The Balaban J connectivity index is 1.42. The van der Waals surface area contributed by atoms with Crippen LogP contribution in [0.5, 0.6) is 0 Å². The fourth-order valence-corrected chi connectivity index (χ4v) is 4.80. The third kappa shape index (κ3) is 2.40. The lowest BCUT2D eigenvalue weighted by molar-refractivity contribution is 0.0175. The molecule has 3 aliphatic rings. The third-order valence-corrected chi connectivity index (χ3v) is 5.95. The molecule has 0 spiro atoms. The molecule has 2 aliphatic heterocycles. The number of hydrogen-bond donors (Lipinski definition) is 1. The standard InChI is InChI=1S/C16H22N2OS/c19-16(15-5-2-8-20-15)17-11-9-13-3-1-4-14(10-11)18(13)12-6-7-12/h2,5,8,11-14H,1,3-4,6-7,9-10H2,(H,17,19)/t13-,14-/m0/s1. The van der Waals surface area contributed by atoms with E-state index in [4.69, 9.17) is 0 Å². The molecule has 1 amide bonds. The first-order chi connectivity index (χ1) is 9.81. The Bertz CT molecular complexity index is 469. The highest BCUT2D eigenvalue weighted by Gasteiger charge is 2.45. The van der Waals surface area contributed by atoms with Crippen LogP contribution < -0.4 is 5.32 Å². The molecule has 1 N–H and O–H groups in total. The largest absolute Gasteiger partial charge is 0.348 e. The zero-order chi connectivity index (χ0) is 13.5. The molecule has 0 radical (unpaired) electrons. The second-order valence-electron chi connectivity index (χ2n) is 6.54. The topological polar surface area (TPSA) is 32.3 Å². The van der Waals surface area contributed by atoms with Gasteiger partial charge in [-0.1, -0.05) is 12.5 Å². The minimum absolute atomic E-state index is 0.128. The van der Waals surface area contributed by atoms with Crippen molar-refractivity contribution < 1.29 is 4.79 Å². The number of rotatable bonds is 3. The van der Waals surface area contributed by atoms with Crippen LogP contribution in [0.2, 0.25) is 0 Å². The predicted molar refractivity (Wildman–Crippen MR) is 81.1 cm³/mol. The first kappa shape index (κ1) is 12.8. The molecule has 2 atom stereocenters. The number of hydrogen-bond acceptors (Lipinski definition) is 3. The van der Waals surface area contributed by atoms with Gasteiger partial charge in [0.05, 0.1) is 4.88 Å². The van der Waals surface area contributed by atoms with Crippen LogP contribution in [-0.4, -0.2) is 35.0 Å². The summed E-state index contributed by atoms with van der Waals surface area (Å²) in [5.41, 5.74) is 0. The second kappa shape index (κ2) is 5.15. The van der Waals surface area contributed by atoms with Crippen molar-refractivity contribution in [1.82, 2.24) is 10.2 Å². The molecular weight excluding hydrogens is 268 g/mol. The van der Waals surface area contributed by atoms with Gasteiger partial charge in [-0.25, -0.2) is 0 Å². The molecule has 0 unspecified atom stereocenters. The van der Waals surface area contributed by atoms with Gasteiger partial charge in [-0.3, -0.25) is 9.69 Å². The fraction of sp³-hybridized carbons (Fsp3) is 0.688. The van der Waals surface area contributed by atoms with E-state index >= 15 is 0 Å². The lowest BCUT2D eigenvalue weighted by atomic mass is 9.81. The zero-order valence-corrected chi connectivity index (χ0v) is 12.6. The maximum Gasteiger partial charge on any atom is 0.261 e. The SMILES string of the molecule is O=C(NC1C[C@@H]2CCC[C@@H](C1)N2C1CC1)c1cccs1. The highest BCUT2D eigenvalue weighted by Crippen LogP contribution is 2.41. The van der Waals surface area contributed by atoms with Crippen molar-refractivity contribution in [2.45, 2.75) is 69.1 Å². The number of fused-ring (bicyclic) bond motifs is 2. The van der Waals surface area contributed by atoms with Crippen molar-refractivity contribution in [2.75, 3.05) is 0 Å². The molecule has 4 rings (SSSR count). The number of thiophene rings is 1. The Morgan fingerprint density at radius 2 is 1.90 bits per heavy atom. The summed E-state index contributed by atoms with van der Waals surface area (Å²) >= 11 is 1.53. The minimum atomic E-state index is 0.128. The van der Waals surface area contributed by atoms with Gasteiger partial charge in [-0.05, 0) is 50.0 Å². The summed E-state index contributed by atoms with van der Waals surface area (Å²) in [4.78, 5) is 15.9. The van der Waals surface area contributed by atoms with Crippen LogP contribution in [0, 0.1) is 0 Å². The lowest BCUT2D eigenvalue weighted by Gasteiger charge is -2.49. The van der Waals surface area contributed by atoms with E-state index in [1.165, 1.54) is 43.4 Å². The van der Waals surface area contributed by atoms with E-state index in [1.54, 1.807) is 0 Å². The van der Waals surface area contributed by atoms with Crippen LogP contribution in [0.15, 0.2) is 17.5 Å². The van der Waals surface area contributed by atoms with Crippen molar-refractivity contribution in [3.8, 4) is 0 Å². The van der Waals surface area contributed by atoms with Crippen molar-refractivity contribution in [3.63, 3.8) is 0 Å². The number of carbonyl (C=O) groups is 1. The van der Waals surface area contributed by atoms with Gasteiger partial charge in [-0.15, -0.1) is 11.3 Å². The Hall–Kier alpha value is -0.870. The number of piperidine rings is 2. The quantitative estimate of drug-likeness (QED) is 0.928. The number of amides is 1. The van der Waals surface area contributed by atoms with Crippen LogP contribution in [0.4, 0.5) is 0 Å². The van der Waals surface area contributed by atoms with Gasteiger partial charge in [-0.2, -0.15) is 0 Å². The molecule has 108 valence electrons. The molecule has 4 heteroatoms. The smallest absolute Gasteiger partial charge is 0.261 e. The maximum absolute atomic E-state index is 12.2. The van der Waals surface area contributed by atoms with Gasteiger partial charge < -0.3 is 5.32 Å². The molecule has 3 fully saturated rings. The summed E-state index contributed by atoms with van der Waals surface area (Å²) in [5.74, 6) is 0.128. The Labute approximate surface area is 124 Å². The van der Waals surface area contributed by atoms with E-state index in [-0.39, 0.29) is 5.91 Å². The van der Waals surface area contributed by atoms with Crippen LogP contribution in [0.3, 0.4) is 0 Å². The van der Waals surface area contributed by atoms with Crippen molar-refractivity contribution in [2.24, 2.45) is 0 Å². The zero-order valence-electron chi connectivity index (χ0n) is 11.8. The average Bonchev–Trinajstić information content (AvgIpc) is 3.11. The third-order valence-electron chi connectivity index (χ3n) is 5.08. The fourth-order valence-electron chi connectivity index (χ4n) is 4.17. The highest BCUT2D eigenvalue weighted by molar-refractivity contribution is 7.12. The molecule has 1 saturated carbocycles. The van der Waals surface area contributed by atoms with E-state index in [0.29, 0.717) is 6.04 Å². The van der Waals surface area contributed by atoms with Crippen LogP contribution >= 0.6 is 11.3 Å². The lowest BCUT2D eigenvalue weighted by Crippen LogP contribution is -2.57. The first-order valence-electron chi connectivity index (χ1n) is 7.93. The summed E-state index contributed by atoms with van der Waals surface area (Å²) in [6.45, 7) is 0. The van der Waals surface area contributed by atoms with Crippen LogP contribution in [0.1, 0.15) is 54.6 Å². The van der Waals surface area contributed by atoms with Gasteiger partial charge in [0, 0.05) is 24.2 Å².